The van der Waals surface area contributed by atoms with Gasteiger partial charge >= 0.3 is 0 Å². The topological polar surface area (TPSA) is 50.8 Å². The third kappa shape index (κ3) is 5.27. The number of benzene rings is 1. The normalized spacial score (nSPS) is 26.4. The number of nitrogens with one attached hydrogen (secondary N) is 1. The third-order valence-electron chi connectivity index (χ3n) is 5.45. The molecule has 0 saturated carbocycles. The number of fused-ring (bicyclic) bond motifs is 1. The lowest BCUT2D eigenvalue weighted by atomic mass is 9.83. The van der Waals surface area contributed by atoms with Crippen LogP contribution in [0.1, 0.15) is 18.4 Å². The number of rotatable bonds is 8. The van der Waals surface area contributed by atoms with Crippen molar-refractivity contribution in [2.45, 2.75) is 25.4 Å². The van der Waals surface area contributed by atoms with Gasteiger partial charge in [-0.25, -0.2) is 0 Å². The van der Waals surface area contributed by atoms with Crippen molar-refractivity contribution in [1.29, 1.82) is 0 Å². The van der Waals surface area contributed by atoms with E-state index < -0.39 is 0 Å². The quantitative estimate of drug-likeness (QED) is 0.728. The summed E-state index contributed by atoms with van der Waals surface area (Å²) < 4.78 is 10.9. The van der Waals surface area contributed by atoms with Gasteiger partial charge < -0.3 is 19.7 Å². The van der Waals surface area contributed by atoms with Crippen LogP contribution in [0.5, 0.6) is 0 Å². The highest BCUT2D eigenvalue weighted by molar-refractivity contribution is 5.76. The van der Waals surface area contributed by atoms with E-state index in [4.69, 9.17) is 9.47 Å². The Morgan fingerprint density at radius 1 is 1.36 bits per heavy atom. The van der Waals surface area contributed by atoms with E-state index in [1.54, 1.807) is 7.11 Å². The van der Waals surface area contributed by atoms with Gasteiger partial charge in [-0.05, 0) is 30.9 Å². The number of carbonyl (C=O) groups excluding carboxylic acids is 1. The Morgan fingerprint density at radius 2 is 2.20 bits per heavy atom. The molecule has 3 atom stereocenters. The summed E-state index contributed by atoms with van der Waals surface area (Å²) in [6.45, 7) is 5.24. The van der Waals surface area contributed by atoms with Crippen LogP contribution < -0.4 is 5.32 Å². The Bertz CT molecular complexity index is 537. The number of methoxy groups -OCH3 is 1. The van der Waals surface area contributed by atoms with Gasteiger partial charge in [-0.1, -0.05) is 30.3 Å². The Balaban J connectivity index is 1.41. The van der Waals surface area contributed by atoms with Crippen LogP contribution in [0.25, 0.3) is 0 Å². The van der Waals surface area contributed by atoms with Gasteiger partial charge in [0.25, 0.3) is 0 Å². The summed E-state index contributed by atoms with van der Waals surface area (Å²) >= 11 is 0. The number of hydrogen-bond donors (Lipinski definition) is 1. The van der Waals surface area contributed by atoms with Gasteiger partial charge in [0, 0.05) is 32.7 Å². The fourth-order valence-corrected chi connectivity index (χ4v) is 4.05. The number of likely N-dealkylation sites (tertiary alicyclic amines) is 1. The predicted molar refractivity (Wildman–Crippen MR) is 97.4 cm³/mol. The van der Waals surface area contributed by atoms with Crippen LogP contribution in [0.4, 0.5) is 0 Å². The minimum absolute atomic E-state index is 0.0780. The van der Waals surface area contributed by atoms with Crippen molar-refractivity contribution in [2.24, 2.45) is 11.8 Å². The molecule has 0 spiro atoms. The number of hydrogen-bond acceptors (Lipinski definition) is 4. The Labute approximate surface area is 150 Å². The molecule has 0 unspecified atom stereocenters. The molecule has 1 N–H and O–H groups in total. The van der Waals surface area contributed by atoms with Crippen LogP contribution >= 0.6 is 0 Å². The first-order chi connectivity index (χ1) is 12.3. The maximum Gasteiger partial charge on any atom is 0.222 e. The number of piperidine rings is 1. The lowest BCUT2D eigenvalue weighted by molar-refractivity contribution is -0.124. The van der Waals surface area contributed by atoms with Crippen molar-refractivity contribution in [3.05, 3.63) is 35.9 Å². The van der Waals surface area contributed by atoms with Crippen LogP contribution in [0.2, 0.25) is 0 Å². The predicted octanol–water partition coefficient (Wildman–Crippen LogP) is 1.72. The SMILES string of the molecule is COCCNC(=O)C[C@@H]1OC[C@H]2CN(CCc3ccccc3)CC[C@H]21. The second-order valence-corrected chi connectivity index (χ2v) is 7.17. The second kappa shape index (κ2) is 9.32. The van der Waals surface area contributed by atoms with E-state index >= 15 is 0 Å². The first-order valence-electron chi connectivity index (χ1n) is 9.40. The van der Waals surface area contributed by atoms with Gasteiger partial charge in [0.15, 0.2) is 0 Å². The minimum atomic E-state index is 0.0780. The molecule has 0 radical (unpaired) electrons. The van der Waals surface area contributed by atoms with Gasteiger partial charge in [0.1, 0.15) is 0 Å². The highest BCUT2D eigenvalue weighted by atomic mass is 16.5. The van der Waals surface area contributed by atoms with Crippen molar-refractivity contribution in [3.8, 4) is 0 Å². The van der Waals surface area contributed by atoms with Gasteiger partial charge in [-0.15, -0.1) is 0 Å². The summed E-state index contributed by atoms with van der Waals surface area (Å²) in [5.74, 6) is 1.18. The van der Waals surface area contributed by atoms with E-state index in [1.807, 2.05) is 0 Å². The summed E-state index contributed by atoms with van der Waals surface area (Å²) in [6.07, 6.45) is 2.80. The fourth-order valence-electron chi connectivity index (χ4n) is 4.05. The van der Waals surface area contributed by atoms with Crippen molar-refractivity contribution < 1.29 is 14.3 Å². The van der Waals surface area contributed by atoms with Crippen molar-refractivity contribution in [2.75, 3.05) is 46.5 Å². The summed E-state index contributed by atoms with van der Waals surface area (Å²) in [6, 6.07) is 10.7. The average molecular weight is 346 g/mol. The molecule has 1 aromatic rings. The van der Waals surface area contributed by atoms with Crippen molar-refractivity contribution >= 4 is 5.91 Å². The smallest absolute Gasteiger partial charge is 0.222 e. The number of nitrogens with zero attached hydrogens (tertiary/aromatic N) is 1. The van der Waals surface area contributed by atoms with Gasteiger partial charge in [-0.2, -0.15) is 0 Å². The van der Waals surface area contributed by atoms with Gasteiger partial charge in [-0.3, -0.25) is 4.79 Å². The average Bonchev–Trinajstić information content (AvgIpc) is 3.03. The summed E-state index contributed by atoms with van der Waals surface area (Å²) in [5, 5.41) is 2.90. The molecule has 2 aliphatic heterocycles. The zero-order valence-corrected chi connectivity index (χ0v) is 15.2. The highest BCUT2D eigenvalue weighted by Gasteiger charge is 2.41. The molecular weight excluding hydrogens is 316 g/mol. The van der Waals surface area contributed by atoms with Crippen LogP contribution in [0.3, 0.4) is 0 Å². The van der Waals surface area contributed by atoms with E-state index in [9.17, 15) is 4.79 Å². The molecule has 1 amide bonds. The molecule has 138 valence electrons. The van der Waals surface area contributed by atoms with Crippen LogP contribution in [0, 0.1) is 11.8 Å². The van der Waals surface area contributed by atoms with Crippen LogP contribution in [-0.4, -0.2) is 63.4 Å². The molecule has 5 heteroatoms. The summed E-state index contributed by atoms with van der Waals surface area (Å²) in [5.41, 5.74) is 1.40. The molecule has 0 bridgehead atoms. The number of amides is 1. The summed E-state index contributed by atoms with van der Waals surface area (Å²) in [4.78, 5) is 14.6. The molecular formula is C20H30N2O3. The zero-order chi connectivity index (χ0) is 17.5. The van der Waals surface area contributed by atoms with Crippen molar-refractivity contribution in [3.63, 3.8) is 0 Å². The molecule has 1 aromatic carbocycles. The first-order valence-corrected chi connectivity index (χ1v) is 9.40. The van der Waals surface area contributed by atoms with E-state index in [0.29, 0.717) is 31.4 Å². The molecule has 2 heterocycles. The molecule has 0 aromatic heterocycles. The van der Waals surface area contributed by atoms with Crippen LogP contribution in [0.15, 0.2) is 30.3 Å². The zero-order valence-electron chi connectivity index (χ0n) is 15.2. The Kier molecular flexibility index (Phi) is 6.84. The molecule has 3 rings (SSSR count). The summed E-state index contributed by atoms with van der Waals surface area (Å²) in [7, 11) is 1.64. The molecule has 25 heavy (non-hydrogen) atoms. The van der Waals surface area contributed by atoms with E-state index in [1.165, 1.54) is 5.56 Å². The Hall–Kier alpha value is -1.43. The van der Waals surface area contributed by atoms with Gasteiger partial charge in [0.05, 0.1) is 25.7 Å². The standard InChI is InChI=1S/C20H30N2O3/c1-24-12-9-21-20(23)13-19-18-8-11-22(14-17(18)15-25-19)10-7-16-5-3-2-4-6-16/h2-6,17-19H,7-15H2,1H3,(H,21,23)/t17-,18-,19+/m1/s1. The van der Waals surface area contributed by atoms with E-state index in [-0.39, 0.29) is 12.0 Å². The molecule has 2 fully saturated rings. The molecule has 2 aliphatic rings. The lowest BCUT2D eigenvalue weighted by Gasteiger charge is -2.35. The van der Waals surface area contributed by atoms with E-state index in [2.05, 4.69) is 40.5 Å². The van der Waals surface area contributed by atoms with Crippen molar-refractivity contribution in [1.82, 2.24) is 10.2 Å². The Morgan fingerprint density at radius 3 is 3.00 bits per heavy atom. The second-order valence-electron chi connectivity index (χ2n) is 7.17. The van der Waals surface area contributed by atoms with Crippen LogP contribution in [-0.2, 0) is 20.7 Å². The maximum atomic E-state index is 12.0. The third-order valence-corrected chi connectivity index (χ3v) is 5.45. The largest absolute Gasteiger partial charge is 0.383 e. The number of carbonyl (C=O) groups is 1. The van der Waals surface area contributed by atoms with E-state index in [0.717, 1.165) is 39.1 Å². The molecule has 0 aliphatic carbocycles. The maximum absolute atomic E-state index is 12.0. The monoisotopic (exact) mass is 346 g/mol. The highest BCUT2D eigenvalue weighted by Crippen LogP contribution is 2.35. The van der Waals surface area contributed by atoms with Gasteiger partial charge in [0.2, 0.25) is 5.91 Å². The number of ether oxygens (including phenoxy) is 2. The molecule has 5 nitrogen and oxygen atoms in total. The fraction of sp³-hybridized carbons (Fsp3) is 0.650. The lowest BCUT2D eigenvalue weighted by Crippen LogP contribution is -2.43. The first kappa shape index (κ1) is 18.4. The minimum Gasteiger partial charge on any atom is -0.383 e. The molecule has 2 saturated heterocycles.